The average Bonchev–Trinajstić information content (AvgIpc) is 1.65. The fourth-order valence-corrected chi connectivity index (χ4v) is 0.191. The number of rotatable bonds is 2. The second-order valence-corrected chi connectivity index (χ2v) is 2.29. The van der Waals surface area contributed by atoms with E-state index in [-0.39, 0.29) is 0 Å². The topological polar surface area (TPSA) is 49.7 Å². The third kappa shape index (κ3) is 2.47. The van der Waals surface area contributed by atoms with Crippen molar-refractivity contribution in [2.45, 2.75) is 12.3 Å². The summed E-state index contributed by atoms with van der Waals surface area (Å²) in [7, 11) is 0. The summed E-state index contributed by atoms with van der Waals surface area (Å²) in [4.78, 5) is 3.29. The molecule has 0 heterocycles. The summed E-state index contributed by atoms with van der Waals surface area (Å²) in [5.74, 6) is 0. The third-order valence-electron chi connectivity index (χ3n) is 0.549. The summed E-state index contributed by atoms with van der Waals surface area (Å²) in [6.07, 6.45) is 0. The molecule has 0 aliphatic rings. The van der Waals surface area contributed by atoms with Crippen molar-refractivity contribution in [3.63, 3.8) is 0 Å². The van der Waals surface area contributed by atoms with E-state index < -0.39 is 16.5 Å². The van der Waals surface area contributed by atoms with Crippen molar-refractivity contribution in [1.29, 1.82) is 0 Å². The van der Waals surface area contributed by atoms with Crippen molar-refractivity contribution in [2.24, 2.45) is 4.99 Å². The molecule has 0 aromatic rings. The van der Waals surface area contributed by atoms with E-state index in [1.165, 1.54) is 6.92 Å². The van der Waals surface area contributed by atoms with Gasteiger partial charge in [-0.25, -0.2) is 4.21 Å². The van der Waals surface area contributed by atoms with E-state index in [9.17, 15) is 4.21 Å². The van der Waals surface area contributed by atoms with Crippen LogP contribution in [0.25, 0.3) is 0 Å². The number of hydrogen-bond donors (Lipinski definition) is 1. The third-order valence-corrected chi connectivity index (χ3v) is 1.28. The Balaban J connectivity index is 3.55. The second kappa shape index (κ2) is 2.87. The molecular weight excluding hydrogens is 114 g/mol. The first-order chi connectivity index (χ1) is 3.18. The number of hydrogen-bond acceptors (Lipinski definition) is 2. The smallest absolute Gasteiger partial charge is 0.178 e. The van der Waals surface area contributed by atoms with Crippen LogP contribution in [0.2, 0.25) is 0 Å². The highest BCUT2D eigenvalue weighted by Crippen LogP contribution is 1.89. The first-order valence-corrected chi connectivity index (χ1v) is 2.91. The van der Waals surface area contributed by atoms with E-state index >= 15 is 0 Å². The van der Waals surface area contributed by atoms with Gasteiger partial charge in [0.2, 0.25) is 0 Å². The maximum absolute atomic E-state index is 9.91. The van der Waals surface area contributed by atoms with Crippen LogP contribution in [0, 0.1) is 0 Å². The Kier molecular flexibility index (Phi) is 2.78. The van der Waals surface area contributed by atoms with E-state index in [1.54, 1.807) is 0 Å². The number of nitrogens with zero attached hydrogens (tertiary/aromatic N) is 1. The van der Waals surface area contributed by atoms with Gasteiger partial charge in [-0.3, -0.25) is 4.99 Å². The van der Waals surface area contributed by atoms with E-state index in [0.717, 1.165) is 0 Å². The SMILES string of the molecule is C=NC(C)S(=O)O. The Morgan fingerprint density at radius 2 is 2.43 bits per heavy atom. The van der Waals surface area contributed by atoms with Crippen molar-refractivity contribution >= 4 is 17.8 Å². The zero-order chi connectivity index (χ0) is 5.86. The minimum absolute atomic E-state index is 0.556. The first kappa shape index (κ1) is 6.78. The maximum Gasteiger partial charge on any atom is 0.178 e. The van der Waals surface area contributed by atoms with Crippen LogP contribution in [0.15, 0.2) is 4.99 Å². The lowest BCUT2D eigenvalue weighted by atomic mass is 10.8. The molecule has 0 aliphatic heterocycles. The van der Waals surface area contributed by atoms with Crippen LogP contribution in [0.1, 0.15) is 6.92 Å². The van der Waals surface area contributed by atoms with Crippen LogP contribution in [-0.4, -0.2) is 20.9 Å². The lowest BCUT2D eigenvalue weighted by Crippen LogP contribution is -2.04. The standard InChI is InChI=1S/C3H7NO2S/c1-3(4-2)7(5)6/h3H,2H2,1H3,(H,5,6). The van der Waals surface area contributed by atoms with Gasteiger partial charge in [0.1, 0.15) is 5.37 Å². The summed E-state index contributed by atoms with van der Waals surface area (Å²) >= 11 is -1.84. The van der Waals surface area contributed by atoms with Crippen molar-refractivity contribution in [2.75, 3.05) is 0 Å². The van der Waals surface area contributed by atoms with Crippen LogP contribution in [0.3, 0.4) is 0 Å². The number of aliphatic imine (C=N–C) groups is 1. The molecule has 0 aromatic heterocycles. The summed E-state index contributed by atoms with van der Waals surface area (Å²) in [5, 5.41) is -0.556. The molecule has 7 heavy (non-hydrogen) atoms. The van der Waals surface area contributed by atoms with Crippen molar-refractivity contribution in [3.05, 3.63) is 0 Å². The molecule has 3 nitrogen and oxygen atoms in total. The van der Waals surface area contributed by atoms with Crippen LogP contribution in [-0.2, 0) is 11.1 Å². The Labute approximate surface area is 44.7 Å². The van der Waals surface area contributed by atoms with E-state index in [0.29, 0.717) is 0 Å². The van der Waals surface area contributed by atoms with Gasteiger partial charge in [-0.2, -0.15) is 0 Å². The molecule has 0 radical (unpaired) electrons. The molecule has 0 amide bonds. The van der Waals surface area contributed by atoms with Gasteiger partial charge in [0, 0.05) is 0 Å². The lowest BCUT2D eigenvalue weighted by Gasteiger charge is -1.93. The molecule has 0 fully saturated rings. The van der Waals surface area contributed by atoms with Gasteiger partial charge >= 0.3 is 0 Å². The van der Waals surface area contributed by atoms with Gasteiger partial charge in [-0.15, -0.1) is 0 Å². The molecule has 0 aliphatic carbocycles. The Bertz CT molecular complexity index is 92.9. The summed E-state index contributed by atoms with van der Waals surface area (Å²) < 4.78 is 18.1. The van der Waals surface area contributed by atoms with Gasteiger partial charge in [-0.05, 0) is 13.6 Å². The van der Waals surface area contributed by atoms with Crippen LogP contribution in [0.5, 0.6) is 0 Å². The average molecular weight is 121 g/mol. The molecule has 0 saturated heterocycles. The van der Waals surface area contributed by atoms with Crippen molar-refractivity contribution in [3.8, 4) is 0 Å². The summed E-state index contributed by atoms with van der Waals surface area (Å²) in [6.45, 7) is 4.60. The van der Waals surface area contributed by atoms with Crippen LogP contribution >= 0.6 is 0 Å². The molecule has 2 unspecified atom stereocenters. The van der Waals surface area contributed by atoms with Crippen molar-refractivity contribution < 1.29 is 8.76 Å². The molecule has 0 aromatic carbocycles. The zero-order valence-electron chi connectivity index (χ0n) is 4.00. The second-order valence-electron chi connectivity index (χ2n) is 1.06. The highest BCUT2D eigenvalue weighted by Gasteiger charge is 2.00. The largest absolute Gasteiger partial charge is 0.304 e. The van der Waals surface area contributed by atoms with Gasteiger partial charge in [0.25, 0.3) is 0 Å². The zero-order valence-corrected chi connectivity index (χ0v) is 4.81. The highest BCUT2D eigenvalue weighted by molar-refractivity contribution is 7.79. The molecule has 0 saturated carbocycles. The molecule has 0 bridgehead atoms. The van der Waals surface area contributed by atoms with Gasteiger partial charge in [0.15, 0.2) is 11.1 Å². The maximum atomic E-state index is 9.91. The highest BCUT2D eigenvalue weighted by atomic mass is 32.2. The molecular formula is C3H7NO2S. The fourth-order valence-electron chi connectivity index (χ4n) is 0.0638. The quantitative estimate of drug-likeness (QED) is 0.420. The Morgan fingerprint density at radius 1 is 2.00 bits per heavy atom. The summed E-state index contributed by atoms with van der Waals surface area (Å²) in [5.41, 5.74) is 0. The van der Waals surface area contributed by atoms with Crippen LogP contribution < -0.4 is 0 Å². The molecule has 2 atom stereocenters. The molecule has 0 spiro atoms. The van der Waals surface area contributed by atoms with E-state index in [4.69, 9.17) is 4.55 Å². The minimum atomic E-state index is -1.84. The normalized spacial score (nSPS) is 18.0. The molecule has 4 heteroatoms. The van der Waals surface area contributed by atoms with E-state index in [2.05, 4.69) is 11.7 Å². The Morgan fingerprint density at radius 3 is 2.43 bits per heavy atom. The first-order valence-electron chi connectivity index (χ1n) is 1.74. The molecule has 1 N–H and O–H groups in total. The lowest BCUT2D eigenvalue weighted by molar-refractivity contribution is 0.553. The minimum Gasteiger partial charge on any atom is -0.304 e. The molecule has 42 valence electrons. The molecule has 0 rings (SSSR count). The predicted octanol–water partition coefficient (Wildman–Crippen LogP) is 0.255. The van der Waals surface area contributed by atoms with Crippen LogP contribution in [0.4, 0.5) is 0 Å². The van der Waals surface area contributed by atoms with Gasteiger partial charge in [-0.1, -0.05) is 0 Å². The van der Waals surface area contributed by atoms with Gasteiger partial charge in [0.05, 0.1) is 0 Å². The van der Waals surface area contributed by atoms with Crippen molar-refractivity contribution in [1.82, 2.24) is 0 Å². The predicted molar refractivity (Wildman–Crippen MR) is 29.8 cm³/mol. The monoisotopic (exact) mass is 121 g/mol. The summed E-state index contributed by atoms with van der Waals surface area (Å²) in [6, 6.07) is 0. The fraction of sp³-hybridized carbons (Fsp3) is 0.667. The van der Waals surface area contributed by atoms with E-state index in [1.807, 2.05) is 0 Å². The van der Waals surface area contributed by atoms with Gasteiger partial charge < -0.3 is 4.55 Å². The Hall–Kier alpha value is -0.220.